The first-order chi connectivity index (χ1) is 17.1. The Labute approximate surface area is 203 Å². The molecule has 0 unspecified atom stereocenters. The van der Waals surface area contributed by atoms with Gasteiger partial charge in [-0.2, -0.15) is 10.1 Å². The van der Waals surface area contributed by atoms with E-state index in [1.165, 1.54) is 11.3 Å². The molecule has 0 aliphatic heterocycles. The third-order valence-electron chi connectivity index (χ3n) is 6.37. The number of aromatic nitrogens is 5. The molecule has 1 saturated carbocycles. The molecule has 0 bridgehead atoms. The molecular formula is C24H23N7O3S. The molecule has 1 aliphatic carbocycles. The largest absolute Gasteiger partial charge is 0.396 e. The maximum absolute atomic E-state index is 10.6. The third kappa shape index (κ3) is 4.08. The topological polar surface area (TPSA) is 152 Å². The van der Waals surface area contributed by atoms with Gasteiger partial charge in [0.2, 0.25) is 5.95 Å². The summed E-state index contributed by atoms with van der Waals surface area (Å²) in [5, 5.41) is 45.6. The van der Waals surface area contributed by atoms with Crippen molar-refractivity contribution in [2.45, 2.75) is 24.7 Å². The van der Waals surface area contributed by atoms with Gasteiger partial charge in [0, 0.05) is 29.8 Å². The number of aromatic amines is 1. The minimum atomic E-state index is -1.04. The lowest BCUT2D eigenvalue weighted by molar-refractivity contribution is 0.00446. The maximum Gasteiger partial charge on any atom is 0.229 e. The average molecular weight is 490 g/mol. The summed E-state index contributed by atoms with van der Waals surface area (Å²) < 4.78 is 1.04. The van der Waals surface area contributed by atoms with Crippen molar-refractivity contribution in [1.82, 2.24) is 25.1 Å². The van der Waals surface area contributed by atoms with E-state index in [2.05, 4.69) is 25.8 Å². The second kappa shape index (κ2) is 8.86. The van der Waals surface area contributed by atoms with Crippen LogP contribution in [0.15, 0.2) is 54.9 Å². The molecule has 35 heavy (non-hydrogen) atoms. The molecule has 4 atom stereocenters. The number of benzene rings is 2. The Balaban J connectivity index is 1.37. The van der Waals surface area contributed by atoms with Gasteiger partial charge in [0.15, 0.2) is 0 Å². The van der Waals surface area contributed by atoms with E-state index in [0.29, 0.717) is 23.8 Å². The summed E-state index contributed by atoms with van der Waals surface area (Å²) in [6.07, 6.45) is 1.80. The molecule has 5 aromatic rings. The Bertz CT molecular complexity index is 1470. The molecule has 3 heterocycles. The van der Waals surface area contributed by atoms with Gasteiger partial charge in [-0.3, -0.25) is 5.10 Å². The molecule has 0 radical (unpaired) electrons. The summed E-state index contributed by atoms with van der Waals surface area (Å²) in [4.78, 5) is 14.0. The molecule has 0 saturated heterocycles. The van der Waals surface area contributed by atoms with Crippen LogP contribution in [0, 0.1) is 5.92 Å². The van der Waals surface area contributed by atoms with Crippen LogP contribution in [-0.4, -0.2) is 65.3 Å². The number of hydrogen-bond donors (Lipinski definition) is 6. The Morgan fingerprint density at radius 3 is 2.77 bits per heavy atom. The van der Waals surface area contributed by atoms with E-state index in [0.717, 1.165) is 31.8 Å². The SMILES string of the molecule is OC[C@H]1C[C@@H](Nc2nc(Nc3ccc4[nH]ncc4c3)ncc2-c2nc3ccccc3s2)[C@H](O)[C@@H]1O. The molecule has 11 heteroatoms. The summed E-state index contributed by atoms with van der Waals surface area (Å²) in [6, 6.07) is 13.2. The second-order valence-corrected chi connectivity index (χ2v) is 9.68. The number of fused-ring (bicyclic) bond motifs is 2. The molecule has 6 N–H and O–H groups in total. The molecule has 0 amide bonds. The first kappa shape index (κ1) is 21.9. The van der Waals surface area contributed by atoms with Crippen LogP contribution in [0.4, 0.5) is 17.5 Å². The summed E-state index contributed by atoms with van der Waals surface area (Å²) in [5.74, 6) is 0.447. The number of nitrogens with one attached hydrogen (secondary N) is 3. The third-order valence-corrected chi connectivity index (χ3v) is 7.44. The quantitative estimate of drug-likeness (QED) is 0.211. The Morgan fingerprint density at radius 2 is 1.94 bits per heavy atom. The van der Waals surface area contributed by atoms with E-state index < -0.39 is 24.2 Å². The van der Waals surface area contributed by atoms with Crippen LogP contribution >= 0.6 is 11.3 Å². The number of H-pyrrole nitrogens is 1. The van der Waals surface area contributed by atoms with Gasteiger partial charge < -0.3 is 26.0 Å². The second-order valence-electron chi connectivity index (χ2n) is 8.65. The minimum Gasteiger partial charge on any atom is -0.396 e. The summed E-state index contributed by atoms with van der Waals surface area (Å²) in [6.45, 7) is -0.200. The van der Waals surface area contributed by atoms with Gasteiger partial charge in [0.05, 0.1) is 39.6 Å². The van der Waals surface area contributed by atoms with Gasteiger partial charge in [0.1, 0.15) is 16.9 Å². The molecule has 2 aromatic carbocycles. The van der Waals surface area contributed by atoms with Crippen molar-refractivity contribution in [2.75, 3.05) is 17.2 Å². The summed E-state index contributed by atoms with van der Waals surface area (Å²) in [5.41, 5.74) is 3.30. The highest BCUT2D eigenvalue weighted by atomic mass is 32.1. The van der Waals surface area contributed by atoms with Crippen molar-refractivity contribution in [1.29, 1.82) is 0 Å². The minimum absolute atomic E-state index is 0.200. The molecule has 10 nitrogen and oxygen atoms in total. The average Bonchev–Trinajstić information content (AvgIpc) is 3.58. The van der Waals surface area contributed by atoms with Crippen molar-refractivity contribution < 1.29 is 15.3 Å². The van der Waals surface area contributed by atoms with Gasteiger partial charge in [-0.15, -0.1) is 11.3 Å². The number of thiazole rings is 1. The standard InChI is InChI=1S/C24H23N7O3S/c32-11-13-8-18(21(34)20(13)33)28-22-15(23-29-17-3-1-2-4-19(17)35-23)10-25-24(30-22)27-14-5-6-16-12(7-14)9-26-31-16/h1-7,9-10,13,18,20-21,32-34H,8,11H2,(H,26,31)(H2,25,27,28,30)/t13-,18-,20-,21+/m1/s1. The Hall–Kier alpha value is -3.64. The first-order valence-corrected chi connectivity index (χ1v) is 12.1. The van der Waals surface area contributed by atoms with Gasteiger partial charge in [-0.05, 0) is 36.8 Å². The highest BCUT2D eigenvalue weighted by molar-refractivity contribution is 7.21. The van der Waals surface area contributed by atoms with Crippen molar-refractivity contribution in [3.63, 3.8) is 0 Å². The van der Waals surface area contributed by atoms with Gasteiger partial charge >= 0.3 is 0 Å². The van der Waals surface area contributed by atoms with E-state index in [-0.39, 0.29) is 6.61 Å². The van der Waals surface area contributed by atoms with E-state index in [9.17, 15) is 15.3 Å². The number of aliphatic hydroxyl groups excluding tert-OH is 3. The van der Waals surface area contributed by atoms with Crippen molar-refractivity contribution in [3.05, 3.63) is 54.9 Å². The molecule has 6 rings (SSSR count). The van der Waals surface area contributed by atoms with Crippen LogP contribution in [-0.2, 0) is 0 Å². The van der Waals surface area contributed by atoms with E-state index in [1.54, 1.807) is 12.4 Å². The molecule has 0 spiro atoms. The first-order valence-electron chi connectivity index (χ1n) is 11.3. The fraction of sp³-hybridized carbons (Fsp3) is 0.250. The summed E-state index contributed by atoms with van der Waals surface area (Å²) in [7, 11) is 0. The van der Waals surface area contributed by atoms with Crippen LogP contribution < -0.4 is 10.6 Å². The van der Waals surface area contributed by atoms with E-state index in [4.69, 9.17) is 9.97 Å². The molecule has 1 fully saturated rings. The number of nitrogens with zero attached hydrogens (tertiary/aromatic N) is 4. The van der Waals surface area contributed by atoms with Crippen LogP contribution in [0.3, 0.4) is 0 Å². The molecule has 1 aliphatic rings. The van der Waals surface area contributed by atoms with Crippen LogP contribution in [0.5, 0.6) is 0 Å². The lowest BCUT2D eigenvalue weighted by atomic mass is 10.1. The predicted octanol–water partition coefficient (Wildman–Crippen LogP) is 2.89. The molecular weight excluding hydrogens is 466 g/mol. The van der Waals surface area contributed by atoms with E-state index >= 15 is 0 Å². The van der Waals surface area contributed by atoms with Gasteiger partial charge in [-0.1, -0.05) is 12.1 Å². The number of aliphatic hydroxyl groups is 3. The fourth-order valence-corrected chi connectivity index (χ4v) is 5.45. The van der Waals surface area contributed by atoms with Gasteiger partial charge in [0.25, 0.3) is 0 Å². The van der Waals surface area contributed by atoms with Crippen molar-refractivity contribution in [2.24, 2.45) is 5.92 Å². The van der Waals surface area contributed by atoms with Crippen LogP contribution in [0.1, 0.15) is 6.42 Å². The van der Waals surface area contributed by atoms with Crippen molar-refractivity contribution >= 4 is 49.9 Å². The normalized spacial score (nSPS) is 22.1. The Kier molecular flexibility index (Phi) is 5.53. The smallest absolute Gasteiger partial charge is 0.229 e. The number of anilines is 3. The zero-order valence-electron chi connectivity index (χ0n) is 18.5. The lowest BCUT2D eigenvalue weighted by Gasteiger charge is -2.20. The monoisotopic (exact) mass is 489 g/mol. The van der Waals surface area contributed by atoms with Gasteiger partial charge in [-0.25, -0.2) is 9.97 Å². The number of hydrogen-bond acceptors (Lipinski definition) is 10. The van der Waals surface area contributed by atoms with Crippen LogP contribution in [0.2, 0.25) is 0 Å². The highest BCUT2D eigenvalue weighted by Crippen LogP contribution is 2.36. The lowest BCUT2D eigenvalue weighted by Crippen LogP contribution is -2.35. The predicted molar refractivity (Wildman–Crippen MR) is 135 cm³/mol. The molecule has 3 aromatic heterocycles. The van der Waals surface area contributed by atoms with E-state index in [1.807, 2.05) is 42.5 Å². The maximum atomic E-state index is 10.6. The number of para-hydroxylation sites is 1. The zero-order valence-corrected chi connectivity index (χ0v) is 19.3. The number of rotatable bonds is 6. The van der Waals surface area contributed by atoms with Crippen LogP contribution in [0.25, 0.3) is 31.7 Å². The highest BCUT2D eigenvalue weighted by Gasteiger charge is 2.41. The fourth-order valence-electron chi connectivity index (χ4n) is 4.47. The Morgan fingerprint density at radius 1 is 1.06 bits per heavy atom. The molecule has 178 valence electrons. The summed E-state index contributed by atoms with van der Waals surface area (Å²) >= 11 is 1.53. The van der Waals surface area contributed by atoms with Crippen molar-refractivity contribution in [3.8, 4) is 10.6 Å². The zero-order chi connectivity index (χ0) is 23.9.